The number of nitrogens with one attached hydrogen (secondary N) is 2. The summed E-state index contributed by atoms with van der Waals surface area (Å²) in [4.78, 5) is 12.6. The summed E-state index contributed by atoms with van der Waals surface area (Å²) in [7, 11) is 0. The number of carbonyl (C=O) groups is 1. The summed E-state index contributed by atoms with van der Waals surface area (Å²) in [5, 5.41) is 6.56. The van der Waals surface area contributed by atoms with Crippen molar-refractivity contribution < 1.29 is 4.79 Å². The molecule has 0 unspecified atom stereocenters. The van der Waals surface area contributed by atoms with Crippen molar-refractivity contribution in [3.8, 4) is 0 Å². The van der Waals surface area contributed by atoms with Gasteiger partial charge in [0.1, 0.15) is 0 Å². The Hall–Kier alpha value is -2.29. The lowest BCUT2D eigenvalue weighted by Gasteiger charge is -2.20. The Morgan fingerprint density at radius 1 is 0.923 bits per heavy atom. The molecule has 0 spiro atoms. The minimum atomic E-state index is 0.0535. The number of hydrogen-bond acceptors (Lipinski definition) is 2. The second kappa shape index (κ2) is 8.88. The Morgan fingerprint density at radius 2 is 1.50 bits per heavy atom. The molecule has 26 heavy (non-hydrogen) atoms. The molecule has 0 heterocycles. The van der Waals surface area contributed by atoms with E-state index >= 15 is 0 Å². The summed E-state index contributed by atoms with van der Waals surface area (Å²) in [6.07, 6.45) is 0.442. The molecule has 2 aromatic carbocycles. The first-order valence-electron chi connectivity index (χ1n) is 9.54. The van der Waals surface area contributed by atoms with E-state index in [1.54, 1.807) is 0 Å². The van der Waals surface area contributed by atoms with Crippen LogP contribution in [0.15, 0.2) is 36.4 Å². The van der Waals surface area contributed by atoms with Crippen LogP contribution in [0.3, 0.4) is 0 Å². The number of carbonyl (C=O) groups excluding carboxylic acids is 1. The molecule has 0 fully saturated rings. The Kier molecular flexibility index (Phi) is 6.84. The normalized spacial score (nSPS) is 11.1. The quantitative estimate of drug-likeness (QED) is 0.642. The fourth-order valence-corrected chi connectivity index (χ4v) is 3.15. The number of aryl methyl sites for hydroxylation is 1. The van der Waals surface area contributed by atoms with Gasteiger partial charge in [0.2, 0.25) is 5.91 Å². The highest BCUT2D eigenvalue weighted by Crippen LogP contribution is 2.32. The van der Waals surface area contributed by atoms with Gasteiger partial charge in [0.15, 0.2) is 0 Å². The molecule has 2 aromatic rings. The summed E-state index contributed by atoms with van der Waals surface area (Å²) in [5.74, 6) is 0.798. The maximum Gasteiger partial charge on any atom is 0.226 e. The van der Waals surface area contributed by atoms with E-state index in [0.29, 0.717) is 24.8 Å². The number of rotatable bonds is 7. The number of benzene rings is 2. The summed E-state index contributed by atoms with van der Waals surface area (Å²) in [6.45, 7) is 13.5. The van der Waals surface area contributed by atoms with Crippen LogP contribution in [0.25, 0.3) is 0 Å². The van der Waals surface area contributed by atoms with Gasteiger partial charge in [-0.25, -0.2) is 0 Å². The minimum absolute atomic E-state index is 0.0535. The summed E-state index contributed by atoms with van der Waals surface area (Å²) in [5.41, 5.74) is 6.99. The van der Waals surface area contributed by atoms with Gasteiger partial charge >= 0.3 is 0 Å². The van der Waals surface area contributed by atoms with Gasteiger partial charge in [-0.1, -0.05) is 58.0 Å². The van der Waals surface area contributed by atoms with E-state index < -0.39 is 0 Å². The average molecular weight is 353 g/mol. The molecule has 2 rings (SSSR count). The fourth-order valence-electron chi connectivity index (χ4n) is 3.15. The topological polar surface area (TPSA) is 41.1 Å². The summed E-state index contributed by atoms with van der Waals surface area (Å²) < 4.78 is 0. The van der Waals surface area contributed by atoms with Crippen molar-refractivity contribution in [2.75, 3.05) is 17.2 Å². The standard InChI is InChI=1S/C23H32N2O/c1-15(2)19-10-8-11-20(16(3)4)23(19)25-22(26)13-14-24-21-12-7-9-17(5)18(21)6/h7-12,15-16,24H,13-14H2,1-6H3,(H,25,26). The molecule has 2 N–H and O–H groups in total. The van der Waals surface area contributed by atoms with Gasteiger partial charge in [0.25, 0.3) is 0 Å². The first-order chi connectivity index (χ1) is 12.3. The maximum atomic E-state index is 12.6. The van der Waals surface area contributed by atoms with Gasteiger partial charge in [-0.15, -0.1) is 0 Å². The molecule has 0 aliphatic heterocycles. The third-order valence-corrected chi connectivity index (χ3v) is 4.91. The van der Waals surface area contributed by atoms with Crippen molar-refractivity contribution in [2.45, 2.75) is 59.8 Å². The number of para-hydroxylation sites is 1. The van der Waals surface area contributed by atoms with Crippen molar-refractivity contribution >= 4 is 17.3 Å². The van der Waals surface area contributed by atoms with Crippen molar-refractivity contribution in [3.63, 3.8) is 0 Å². The lowest BCUT2D eigenvalue weighted by Crippen LogP contribution is -2.19. The summed E-state index contributed by atoms with van der Waals surface area (Å²) in [6, 6.07) is 12.5. The highest BCUT2D eigenvalue weighted by Gasteiger charge is 2.15. The highest BCUT2D eigenvalue weighted by molar-refractivity contribution is 5.93. The Labute approximate surface area is 158 Å². The Bertz CT molecular complexity index is 737. The van der Waals surface area contributed by atoms with Crippen molar-refractivity contribution in [1.29, 1.82) is 0 Å². The minimum Gasteiger partial charge on any atom is -0.384 e. The largest absolute Gasteiger partial charge is 0.384 e. The molecule has 3 nitrogen and oxygen atoms in total. The van der Waals surface area contributed by atoms with Crippen LogP contribution in [0.2, 0.25) is 0 Å². The lowest BCUT2D eigenvalue weighted by molar-refractivity contribution is -0.115. The van der Waals surface area contributed by atoms with E-state index in [9.17, 15) is 4.79 Å². The maximum absolute atomic E-state index is 12.6. The average Bonchev–Trinajstić information content (AvgIpc) is 2.58. The molecule has 0 saturated heterocycles. The second-order valence-corrected chi connectivity index (χ2v) is 7.59. The van der Waals surface area contributed by atoms with Gasteiger partial charge in [0.05, 0.1) is 0 Å². The van der Waals surface area contributed by atoms with Gasteiger partial charge in [-0.2, -0.15) is 0 Å². The molecule has 140 valence electrons. The zero-order chi connectivity index (χ0) is 19.3. The van der Waals surface area contributed by atoms with E-state index in [1.165, 1.54) is 22.3 Å². The smallest absolute Gasteiger partial charge is 0.226 e. The Balaban J connectivity index is 2.05. The third kappa shape index (κ3) is 4.87. The van der Waals surface area contributed by atoms with E-state index in [1.807, 2.05) is 6.07 Å². The molecule has 0 aliphatic carbocycles. The number of hydrogen-bond donors (Lipinski definition) is 2. The number of amides is 1. The zero-order valence-electron chi connectivity index (χ0n) is 16.9. The van der Waals surface area contributed by atoms with Crippen molar-refractivity contribution in [2.24, 2.45) is 0 Å². The van der Waals surface area contributed by atoms with Gasteiger partial charge in [-0.05, 0) is 54.0 Å². The van der Waals surface area contributed by atoms with Crippen LogP contribution in [0.4, 0.5) is 11.4 Å². The Morgan fingerprint density at radius 3 is 2.08 bits per heavy atom. The fraction of sp³-hybridized carbons (Fsp3) is 0.435. The van der Waals surface area contributed by atoms with E-state index in [4.69, 9.17) is 0 Å². The molecule has 3 heteroatoms. The molecular formula is C23H32N2O. The number of anilines is 2. The monoisotopic (exact) mass is 352 g/mol. The second-order valence-electron chi connectivity index (χ2n) is 7.59. The molecule has 0 bridgehead atoms. The van der Waals surface area contributed by atoms with Crippen LogP contribution in [0, 0.1) is 13.8 Å². The zero-order valence-corrected chi connectivity index (χ0v) is 16.9. The lowest BCUT2D eigenvalue weighted by atomic mass is 9.92. The van der Waals surface area contributed by atoms with E-state index in [-0.39, 0.29) is 5.91 Å². The SMILES string of the molecule is Cc1cccc(NCCC(=O)Nc2c(C(C)C)cccc2C(C)C)c1C. The van der Waals surface area contributed by atoms with Crippen molar-refractivity contribution in [3.05, 3.63) is 58.7 Å². The first kappa shape index (κ1) is 20.0. The molecule has 0 aromatic heterocycles. The predicted molar refractivity (Wildman–Crippen MR) is 112 cm³/mol. The molecule has 0 radical (unpaired) electrons. The third-order valence-electron chi connectivity index (χ3n) is 4.91. The van der Waals surface area contributed by atoms with E-state index in [2.05, 4.69) is 82.5 Å². The van der Waals surface area contributed by atoms with Crippen molar-refractivity contribution in [1.82, 2.24) is 0 Å². The van der Waals surface area contributed by atoms with Crippen LogP contribution in [0.5, 0.6) is 0 Å². The summed E-state index contributed by atoms with van der Waals surface area (Å²) >= 11 is 0. The molecule has 1 amide bonds. The van der Waals surface area contributed by atoms with Gasteiger partial charge in [0, 0.05) is 24.3 Å². The highest BCUT2D eigenvalue weighted by atomic mass is 16.1. The van der Waals surface area contributed by atoms with Crippen LogP contribution < -0.4 is 10.6 Å². The van der Waals surface area contributed by atoms with Crippen LogP contribution in [-0.4, -0.2) is 12.5 Å². The van der Waals surface area contributed by atoms with Crippen LogP contribution in [0.1, 0.15) is 68.2 Å². The first-order valence-corrected chi connectivity index (χ1v) is 9.54. The molecule has 0 atom stereocenters. The van der Waals surface area contributed by atoms with Gasteiger partial charge in [-0.3, -0.25) is 4.79 Å². The molecular weight excluding hydrogens is 320 g/mol. The molecule has 0 aliphatic rings. The van der Waals surface area contributed by atoms with E-state index in [0.717, 1.165) is 11.4 Å². The molecule has 0 saturated carbocycles. The van der Waals surface area contributed by atoms with Crippen LogP contribution >= 0.6 is 0 Å². The predicted octanol–water partition coefficient (Wildman–Crippen LogP) is 5.99. The van der Waals surface area contributed by atoms with Crippen LogP contribution in [-0.2, 0) is 4.79 Å². The van der Waals surface area contributed by atoms with Gasteiger partial charge < -0.3 is 10.6 Å².